The highest BCUT2D eigenvalue weighted by molar-refractivity contribution is 5.99. The summed E-state index contributed by atoms with van der Waals surface area (Å²) in [5.74, 6) is -2.53. The second-order valence-electron chi connectivity index (χ2n) is 5.17. The summed E-state index contributed by atoms with van der Waals surface area (Å²) in [6.07, 6.45) is -6.31. The predicted molar refractivity (Wildman–Crippen MR) is 66.1 cm³/mol. The van der Waals surface area contributed by atoms with Gasteiger partial charge in [0.2, 0.25) is 0 Å². The van der Waals surface area contributed by atoms with Gasteiger partial charge >= 0.3 is 18.1 Å². The van der Waals surface area contributed by atoms with Crippen LogP contribution in [0.3, 0.4) is 0 Å². The molecule has 0 aliphatic rings. The normalized spacial score (nSPS) is 14.9. The van der Waals surface area contributed by atoms with E-state index < -0.39 is 36.4 Å². The lowest BCUT2D eigenvalue weighted by Crippen LogP contribution is -2.42. The standard InChI is InChI=1S/C13H21F3O4/c1-4-20-11(19)12(10(17)18,8-9(2)3)6-5-7-13(14,15)16/h9H,4-8H2,1-3H3,(H,17,18). The van der Waals surface area contributed by atoms with Crippen LogP contribution in [0.2, 0.25) is 0 Å². The molecule has 0 radical (unpaired) electrons. The first kappa shape index (κ1) is 18.7. The van der Waals surface area contributed by atoms with Crippen molar-refractivity contribution in [1.82, 2.24) is 0 Å². The van der Waals surface area contributed by atoms with Crippen LogP contribution in [0, 0.1) is 11.3 Å². The van der Waals surface area contributed by atoms with Gasteiger partial charge in [-0.05, 0) is 32.1 Å². The summed E-state index contributed by atoms with van der Waals surface area (Å²) in [7, 11) is 0. The van der Waals surface area contributed by atoms with E-state index in [1.807, 2.05) is 0 Å². The molecule has 0 aromatic carbocycles. The number of carboxylic acids is 1. The summed E-state index contributed by atoms with van der Waals surface area (Å²) in [6.45, 7) is 4.93. The Morgan fingerprint density at radius 3 is 2.10 bits per heavy atom. The molecule has 118 valence electrons. The number of esters is 1. The summed E-state index contributed by atoms with van der Waals surface area (Å²) in [6, 6.07) is 0. The van der Waals surface area contributed by atoms with Crippen molar-refractivity contribution in [2.75, 3.05) is 6.61 Å². The maximum Gasteiger partial charge on any atom is 0.389 e. The Morgan fingerprint density at radius 2 is 1.75 bits per heavy atom. The lowest BCUT2D eigenvalue weighted by Gasteiger charge is -2.29. The van der Waals surface area contributed by atoms with Gasteiger partial charge in [0.05, 0.1) is 6.61 Å². The Hall–Kier alpha value is -1.27. The zero-order valence-corrected chi connectivity index (χ0v) is 11.9. The zero-order chi connectivity index (χ0) is 16.0. The van der Waals surface area contributed by atoms with Crippen LogP contribution in [-0.4, -0.2) is 29.8 Å². The zero-order valence-electron chi connectivity index (χ0n) is 11.9. The van der Waals surface area contributed by atoms with Crippen LogP contribution in [0.4, 0.5) is 13.2 Å². The quantitative estimate of drug-likeness (QED) is 0.551. The van der Waals surface area contributed by atoms with Crippen LogP contribution in [-0.2, 0) is 14.3 Å². The number of alkyl halides is 3. The van der Waals surface area contributed by atoms with Crippen LogP contribution in [0.25, 0.3) is 0 Å². The molecule has 0 amide bonds. The second kappa shape index (κ2) is 7.50. The molecule has 1 unspecified atom stereocenters. The van der Waals surface area contributed by atoms with Crippen molar-refractivity contribution in [3.05, 3.63) is 0 Å². The lowest BCUT2D eigenvalue weighted by atomic mass is 9.76. The van der Waals surface area contributed by atoms with E-state index in [0.29, 0.717) is 0 Å². The molecule has 0 aromatic rings. The summed E-state index contributed by atoms with van der Waals surface area (Å²) < 4.78 is 41.3. The number of carboxylic acid groups (broad SMARTS) is 1. The molecule has 0 heterocycles. The van der Waals surface area contributed by atoms with E-state index in [-0.39, 0.29) is 25.4 Å². The summed E-state index contributed by atoms with van der Waals surface area (Å²) in [4.78, 5) is 23.4. The molecular formula is C13H21F3O4. The first-order chi connectivity index (χ1) is 9.05. The molecule has 7 heteroatoms. The third-order valence-electron chi connectivity index (χ3n) is 2.90. The van der Waals surface area contributed by atoms with Gasteiger partial charge in [0.15, 0.2) is 5.41 Å². The van der Waals surface area contributed by atoms with Crippen LogP contribution in [0.5, 0.6) is 0 Å². The monoisotopic (exact) mass is 298 g/mol. The average Bonchev–Trinajstić information content (AvgIpc) is 2.25. The molecule has 0 fully saturated rings. The molecular weight excluding hydrogens is 277 g/mol. The number of rotatable bonds is 8. The van der Waals surface area contributed by atoms with Crippen molar-refractivity contribution in [2.24, 2.45) is 11.3 Å². The molecule has 20 heavy (non-hydrogen) atoms. The van der Waals surface area contributed by atoms with E-state index in [0.717, 1.165) is 0 Å². The summed E-state index contributed by atoms with van der Waals surface area (Å²) >= 11 is 0. The van der Waals surface area contributed by atoms with E-state index >= 15 is 0 Å². The van der Waals surface area contributed by atoms with Crippen molar-refractivity contribution in [3.8, 4) is 0 Å². The topological polar surface area (TPSA) is 63.6 Å². The van der Waals surface area contributed by atoms with Gasteiger partial charge in [0, 0.05) is 6.42 Å². The lowest BCUT2D eigenvalue weighted by molar-refractivity contribution is -0.172. The van der Waals surface area contributed by atoms with Crippen molar-refractivity contribution < 1.29 is 32.6 Å². The summed E-state index contributed by atoms with van der Waals surface area (Å²) in [5, 5.41) is 9.32. The smallest absolute Gasteiger partial charge is 0.389 e. The van der Waals surface area contributed by atoms with Crippen molar-refractivity contribution in [1.29, 1.82) is 0 Å². The third-order valence-corrected chi connectivity index (χ3v) is 2.90. The van der Waals surface area contributed by atoms with E-state index in [2.05, 4.69) is 0 Å². The average molecular weight is 298 g/mol. The fourth-order valence-electron chi connectivity index (χ4n) is 2.13. The SMILES string of the molecule is CCOC(=O)C(CCCC(F)(F)F)(CC(C)C)C(=O)O. The van der Waals surface area contributed by atoms with Gasteiger partial charge in [-0.1, -0.05) is 13.8 Å². The molecule has 0 saturated heterocycles. The molecule has 0 aliphatic heterocycles. The number of aliphatic carboxylic acids is 1. The maximum atomic E-state index is 12.2. The number of halogens is 3. The Kier molecular flexibility index (Phi) is 7.02. The molecule has 0 aliphatic carbocycles. The second-order valence-corrected chi connectivity index (χ2v) is 5.17. The van der Waals surface area contributed by atoms with Gasteiger partial charge in [-0.2, -0.15) is 13.2 Å². The first-order valence-electron chi connectivity index (χ1n) is 6.52. The van der Waals surface area contributed by atoms with Gasteiger partial charge in [-0.25, -0.2) is 0 Å². The fraction of sp³-hybridized carbons (Fsp3) is 0.846. The highest BCUT2D eigenvalue weighted by Crippen LogP contribution is 2.36. The molecule has 1 N–H and O–H groups in total. The van der Waals surface area contributed by atoms with E-state index in [9.17, 15) is 27.9 Å². The van der Waals surface area contributed by atoms with E-state index in [4.69, 9.17) is 4.74 Å². The van der Waals surface area contributed by atoms with Gasteiger partial charge in [-0.3, -0.25) is 9.59 Å². The predicted octanol–water partition coefficient (Wildman–Crippen LogP) is 3.40. The summed E-state index contributed by atoms with van der Waals surface area (Å²) in [5.41, 5.74) is -1.89. The van der Waals surface area contributed by atoms with Crippen molar-refractivity contribution in [3.63, 3.8) is 0 Å². The maximum absolute atomic E-state index is 12.2. The van der Waals surface area contributed by atoms with Gasteiger partial charge < -0.3 is 9.84 Å². The molecule has 4 nitrogen and oxygen atoms in total. The van der Waals surface area contributed by atoms with Crippen molar-refractivity contribution >= 4 is 11.9 Å². The van der Waals surface area contributed by atoms with Crippen LogP contribution in [0.15, 0.2) is 0 Å². The number of carbonyl (C=O) groups excluding carboxylic acids is 1. The molecule has 0 bridgehead atoms. The fourth-order valence-corrected chi connectivity index (χ4v) is 2.13. The minimum absolute atomic E-state index is 0.00870. The molecule has 0 aromatic heterocycles. The molecule has 0 spiro atoms. The third kappa shape index (κ3) is 5.79. The first-order valence-corrected chi connectivity index (χ1v) is 6.52. The van der Waals surface area contributed by atoms with Gasteiger partial charge in [0.1, 0.15) is 0 Å². The Labute approximate surface area is 116 Å². The Balaban J connectivity index is 5.09. The number of carbonyl (C=O) groups is 2. The van der Waals surface area contributed by atoms with Crippen LogP contribution in [0.1, 0.15) is 46.5 Å². The molecule has 0 rings (SSSR count). The van der Waals surface area contributed by atoms with Gasteiger partial charge in [-0.15, -0.1) is 0 Å². The van der Waals surface area contributed by atoms with Gasteiger partial charge in [0.25, 0.3) is 0 Å². The van der Waals surface area contributed by atoms with Crippen molar-refractivity contribution in [2.45, 2.75) is 52.6 Å². The van der Waals surface area contributed by atoms with E-state index in [1.54, 1.807) is 13.8 Å². The highest BCUT2D eigenvalue weighted by Gasteiger charge is 2.48. The number of ether oxygens (including phenoxy) is 1. The Morgan fingerprint density at radius 1 is 1.20 bits per heavy atom. The van der Waals surface area contributed by atoms with E-state index in [1.165, 1.54) is 6.92 Å². The molecule has 0 saturated carbocycles. The molecule has 1 atom stereocenters. The van der Waals surface area contributed by atoms with Crippen LogP contribution >= 0.6 is 0 Å². The number of hydrogen-bond acceptors (Lipinski definition) is 3. The largest absolute Gasteiger partial charge is 0.480 e. The highest BCUT2D eigenvalue weighted by atomic mass is 19.4. The number of hydrogen-bond donors (Lipinski definition) is 1. The minimum Gasteiger partial charge on any atom is -0.480 e. The van der Waals surface area contributed by atoms with Crippen LogP contribution < -0.4 is 0 Å². The Bertz CT molecular complexity index is 339. The minimum atomic E-state index is -4.36.